The zero-order chi connectivity index (χ0) is 13.3. The molecule has 0 saturated heterocycles. The molecule has 17 heavy (non-hydrogen) atoms. The number of carbonyl (C=O) groups excluding carboxylic acids is 1. The van der Waals surface area contributed by atoms with Gasteiger partial charge in [-0.15, -0.1) is 0 Å². The first-order valence-electron chi connectivity index (χ1n) is 4.44. The van der Waals surface area contributed by atoms with Gasteiger partial charge in [0.05, 0.1) is 9.79 Å². The zero-order valence-corrected chi connectivity index (χ0v) is 10.6. The third-order valence-electron chi connectivity index (χ3n) is 1.94. The standard InChI is InChI=1S/C9H11NO5S2/c1-16(12,13)7-2-4-8(5-3-7)17(14,15)6-9(10)11/h2-5H,6H2,1H3,(H2,10,11). The fourth-order valence-corrected chi connectivity index (χ4v) is 2.89. The largest absolute Gasteiger partial charge is 0.369 e. The monoisotopic (exact) mass is 277 g/mol. The van der Waals surface area contributed by atoms with Crippen LogP contribution in [0.4, 0.5) is 0 Å². The third-order valence-corrected chi connectivity index (χ3v) is 4.73. The molecule has 2 N–H and O–H groups in total. The lowest BCUT2D eigenvalue weighted by Gasteiger charge is -2.03. The second-order valence-electron chi connectivity index (χ2n) is 3.47. The van der Waals surface area contributed by atoms with Crippen LogP contribution in [0.5, 0.6) is 0 Å². The number of sulfone groups is 2. The lowest BCUT2D eigenvalue weighted by atomic mass is 10.4. The minimum Gasteiger partial charge on any atom is -0.369 e. The predicted molar refractivity (Wildman–Crippen MR) is 60.8 cm³/mol. The van der Waals surface area contributed by atoms with Gasteiger partial charge in [-0.3, -0.25) is 4.79 Å². The van der Waals surface area contributed by atoms with Crippen molar-refractivity contribution in [2.24, 2.45) is 5.73 Å². The van der Waals surface area contributed by atoms with E-state index < -0.39 is 31.3 Å². The molecular weight excluding hydrogens is 266 g/mol. The molecule has 0 radical (unpaired) electrons. The first kappa shape index (κ1) is 13.7. The van der Waals surface area contributed by atoms with Crippen molar-refractivity contribution in [3.05, 3.63) is 24.3 Å². The summed E-state index contributed by atoms with van der Waals surface area (Å²) in [6.45, 7) is 0. The van der Waals surface area contributed by atoms with Crippen molar-refractivity contribution in [2.45, 2.75) is 9.79 Å². The molecule has 0 heterocycles. The minimum atomic E-state index is -3.79. The molecule has 1 aromatic carbocycles. The summed E-state index contributed by atoms with van der Waals surface area (Å²) < 4.78 is 45.4. The fourth-order valence-electron chi connectivity index (χ4n) is 1.16. The fraction of sp³-hybridized carbons (Fsp3) is 0.222. The van der Waals surface area contributed by atoms with Crippen molar-refractivity contribution in [3.63, 3.8) is 0 Å². The van der Waals surface area contributed by atoms with E-state index in [1.807, 2.05) is 0 Å². The van der Waals surface area contributed by atoms with Gasteiger partial charge in [-0.1, -0.05) is 0 Å². The van der Waals surface area contributed by atoms with E-state index in [2.05, 4.69) is 0 Å². The van der Waals surface area contributed by atoms with Gasteiger partial charge in [0.2, 0.25) is 5.91 Å². The Kier molecular flexibility index (Phi) is 3.58. The number of hydrogen-bond acceptors (Lipinski definition) is 5. The van der Waals surface area contributed by atoms with Gasteiger partial charge in [-0.05, 0) is 24.3 Å². The molecule has 0 bridgehead atoms. The molecule has 0 aliphatic rings. The Bertz CT molecular complexity index is 628. The summed E-state index contributed by atoms with van der Waals surface area (Å²) in [6.07, 6.45) is 1.01. The number of benzene rings is 1. The number of primary amides is 1. The second kappa shape index (κ2) is 4.46. The summed E-state index contributed by atoms with van der Waals surface area (Å²) in [5, 5.41) is 0. The minimum absolute atomic E-state index is 0.00975. The summed E-state index contributed by atoms with van der Waals surface area (Å²) in [5.74, 6) is -1.76. The Labute approximate surface area is 99.3 Å². The molecule has 0 unspecified atom stereocenters. The van der Waals surface area contributed by atoms with Crippen LogP contribution in [0.1, 0.15) is 0 Å². The molecular formula is C9H11NO5S2. The van der Waals surface area contributed by atoms with Crippen molar-refractivity contribution in [2.75, 3.05) is 12.0 Å². The highest BCUT2D eigenvalue weighted by molar-refractivity contribution is 7.92. The van der Waals surface area contributed by atoms with Crippen LogP contribution in [0, 0.1) is 0 Å². The summed E-state index contributed by atoms with van der Waals surface area (Å²) in [5.41, 5.74) is 4.80. The van der Waals surface area contributed by atoms with E-state index in [4.69, 9.17) is 5.73 Å². The summed E-state index contributed by atoms with van der Waals surface area (Å²) in [4.78, 5) is 10.4. The van der Waals surface area contributed by atoms with Crippen molar-refractivity contribution in [1.82, 2.24) is 0 Å². The average molecular weight is 277 g/mol. The third kappa shape index (κ3) is 3.53. The molecule has 0 saturated carbocycles. The Balaban J connectivity index is 3.16. The molecule has 0 aromatic heterocycles. The molecule has 6 nitrogen and oxygen atoms in total. The number of nitrogens with two attached hydrogens (primary N) is 1. The lowest BCUT2D eigenvalue weighted by Crippen LogP contribution is -2.23. The van der Waals surface area contributed by atoms with Crippen molar-refractivity contribution in [1.29, 1.82) is 0 Å². The first-order chi connectivity index (χ1) is 7.63. The molecule has 0 atom stereocenters. The molecule has 0 aliphatic carbocycles. The van der Waals surface area contributed by atoms with Gasteiger partial charge in [0.25, 0.3) is 0 Å². The Morgan fingerprint density at radius 1 is 1.06 bits per heavy atom. The van der Waals surface area contributed by atoms with Gasteiger partial charge in [-0.25, -0.2) is 16.8 Å². The highest BCUT2D eigenvalue weighted by Gasteiger charge is 2.18. The first-order valence-corrected chi connectivity index (χ1v) is 7.98. The molecule has 94 valence electrons. The van der Waals surface area contributed by atoms with E-state index in [1.165, 1.54) is 12.1 Å². The maximum atomic E-state index is 11.6. The van der Waals surface area contributed by atoms with Crippen LogP contribution in [-0.2, 0) is 24.5 Å². The van der Waals surface area contributed by atoms with Crippen LogP contribution in [0.3, 0.4) is 0 Å². The quantitative estimate of drug-likeness (QED) is 0.786. The second-order valence-corrected chi connectivity index (χ2v) is 7.47. The van der Waals surface area contributed by atoms with Gasteiger partial charge < -0.3 is 5.73 Å². The van der Waals surface area contributed by atoms with E-state index in [9.17, 15) is 21.6 Å². The van der Waals surface area contributed by atoms with E-state index in [0.717, 1.165) is 18.4 Å². The van der Waals surface area contributed by atoms with Crippen LogP contribution in [0.2, 0.25) is 0 Å². The highest BCUT2D eigenvalue weighted by atomic mass is 32.2. The Morgan fingerprint density at radius 3 is 1.82 bits per heavy atom. The summed E-state index contributed by atoms with van der Waals surface area (Å²) in [6, 6.07) is 4.61. The number of hydrogen-bond donors (Lipinski definition) is 1. The topological polar surface area (TPSA) is 111 Å². The van der Waals surface area contributed by atoms with Crippen molar-refractivity contribution < 1.29 is 21.6 Å². The van der Waals surface area contributed by atoms with Gasteiger partial charge in [-0.2, -0.15) is 0 Å². The van der Waals surface area contributed by atoms with Gasteiger partial charge in [0.1, 0.15) is 5.75 Å². The van der Waals surface area contributed by atoms with Gasteiger partial charge >= 0.3 is 0 Å². The number of amides is 1. The van der Waals surface area contributed by atoms with Crippen LogP contribution >= 0.6 is 0 Å². The summed E-state index contributed by atoms with van der Waals surface area (Å²) >= 11 is 0. The SMILES string of the molecule is CS(=O)(=O)c1ccc(S(=O)(=O)CC(N)=O)cc1. The molecule has 1 rings (SSSR count). The number of rotatable bonds is 4. The van der Waals surface area contributed by atoms with E-state index in [-0.39, 0.29) is 9.79 Å². The van der Waals surface area contributed by atoms with Crippen molar-refractivity contribution >= 4 is 25.6 Å². The lowest BCUT2D eigenvalue weighted by molar-refractivity contribution is -0.115. The molecule has 8 heteroatoms. The molecule has 0 fully saturated rings. The van der Waals surface area contributed by atoms with Crippen LogP contribution < -0.4 is 5.73 Å². The Morgan fingerprint density at radius 2 is 1.47 bits per heavy atom. The van der Waals surface area contributed by atoms with Crippen LogP contribution in [0.25, 0.3) is 0 Å². The molecule has 1 amide bonds. The van der Waals surface area contributed by atoms with Gasteiger partial charge in [0, 0.05) is 6.26 Å². The number of carbonyl (C=O) groups is 1. The highest BCUT2D eigenvalue weighted by Crippen LogP contribution is 2.15. The maximum absolute atomic E-state index is 11.6. The Hall–Kier alpha value is -1.41. The zero-order valence-electron chi connectivity index (χ0n) is 8.95. The average Bonchev–Trinajstić information content (AvgIpc) is 2.14. The molecule has 0 spiro atoms. The van der Waals surface area contributed by atoms with E-state index in [1.54, 1.807) is 0 Å². The smallest absolute Gasteiger partial charge is 0.233 e. The van der Waals surface area contributed by atoms with E-state index >= 15 is 0 Å². The van der Waals surface area contributed by atoms with Crippen LogP contribution in [-0.4, -0.2) is 34.8 Å². The van der Waals surface area contributed by atoms with Crippen molar-refractivity contribution in [3.8, 4) is 0 Å². The molecule has 0 aliphatic heterocycles. The normalized spacial score (nSPS) is 12.3. The van der Waals surface area contributed by atoms with Gasteiger partial charge in [0.15, 0.2) is 19.7 Å². The maximum Gasteiger partial charge on any atom is 0.233 e. The van der Waals surface area contributed by atoms with E-state index in [0.29, 0.717) is 0 Å². The summed E-state index contributed by atoms with van der Waals surface area (Å²) in [7, 11) is -7.17. The van der Waals surface area contributed by atoms with Crippen LogP contribution in [0.15, 0.2) is 34.1 Å². The molecule has 1 aromatic rings. The predicted octanol–water partition coefficient (Wildman–Crippen LogP) is -0.651.